The number of halogens is 2. The molecule has 0 saturated heterocycles. The van der Waals surface area contributed by atoms with Crippen LogP contribution in [-0.4, -0.2) is 12.9 Å². The first-order valence-electron chi connectivity index (χ1n) is 4.76. The summed E-state index contributed by atoms with van der Waals surface area (Å²) >= 11 is 10.5. The summed E-state index contributed by atoms with van der Waals surface area (Å²) in [5.41, 5.74) is 0.542. The molecule has 1 aromatic carbocycles. The number of benzene rings is 1. The van der Waals surface area contributed by atoms with Crippen LogP contribution >= 0.6 is 38.9 Å². The molecule has 5 heteroatoms. The molecular weight excluding hydrogens is 324 g/mol. The van der Waals surface area contributed by atoms with Crippen molar-refractivity contribution in [3.63, 3.8) is 0 Å². The molecule has 0 aliphatic heterocycles. The predicted molar refractivity (Wildman–Crippen MR) is 73.5 cm³/mol. The Labute approximate surface area is 116 Å². The second kappa shape index (κ2) is 5.21. The maximum absolute atomic E-state index is 12.2. The number of ether oxygens (including phenoxy) is 1. The van der Waals surface area contributed by atoms with E-state index in [-0.39, 0.29) is 5.78 Å². The molecule has 2 nitrogen and oxygen atoms in total. The van der Waals surface area contributed by atoms with Gasteiger partial charge in [0.1, 0.15) is 10.1 Å². The Morgan fingerprint density at radius 1 is 1.41 bits per heavy atom. The first kappa shape index (κ1) is 12.6. The maximum Gasteiger partial charge on any atom is 0.206 e. The lowest BCUT2D eigenvalue weighted by Gasteiger charge is -2.05. The Kier molecular flexibility index (Phi) is 3.86. The zero-order valence-corrected chi connectivity index (χ0v) is 12.0. The fraction of sp³-hybridized carbons (Fsp3) is 0.0833. The Morgan fingerprint density at radius 3 is 2.71 bits per heavy atom. The van der Waals surface area contributed by atoms with Crippen LogP contribution < -0.4 is 4.74 Å². The molecule has 2 rings (SSSR count). The molecule has 0 saturated carbocycles. The van der Waals surface area contributed by atoms with E-state index >= 15 is 0 Å². The Bertz CT molecular complexity index is 546. The summed E-state index contributed by atoms with van der Waals surface area (Å²) in [5.74, 6) is 0.484. The average molecular weight is 332 g/mol. The van der Waals surface area contributed by atoms with Gasteiger partial charge in [0.25, 0.3) is 0 Å². The number of hydrogen-bond acceptors (Lipinski definition) is 3. The molecule has 88 valence electrons. The molecule has 0 atom stereocenters. The molecule has 0 amide bonds. The Hall–Kier alpha value is -0.840. The molecule has 17 heavy (non-hydrogen) atoms. The van der Waals surface area contributed by atoms with Crippen molar-refractivity contribution in [1.29, 1.82) is 0 Å². The van der Waals surface area contributed by atoms with Gasteiger partial charge in [0.15, 0.2) is 0 Å². The molecule has 0 unspecified atom stereocenters. The van der Waals surface area contributed by atoms with Crippen LogP contribution in [0.1, 0.15) is 15.2 Å². The number of rotatable bonds is 3. The zero-order chi connectivity index (χ0) is 12.4. The van der Waals surface area contributed by atoms with E-state index < -0.39 is 0 Å². The van der Waals surface area contributed by atoms with Gasteiger partial charge in [0.2, 0.25) is 5.78 Å². The van der Waals surface area contributed by atoms with Gasteiger partial charge >= 0.3 is 0 Å². The van der Waals surface area contributed by atoms with Crippen molar-refractivity contribution in [3.05, 3.63) is 49.6 Å². The summed E-state index contributed by atoms with van der Waals surface area (Å²) in [6, 6.07) is 8.86. The summed E-state index contributed by atoms with van der Waals surface area (Å²) in [6.07, 6.45) is 0. The van der Waals surface area contributed by atoms with Crippen LogP contribution in [0.2, 0.25) is 4.34 Å². The lowest BCUT2D eigenvalue weighted by atomic mass is 10.1. The number of hydrogen-bond donors (Lipinski definition) is 0. The van der Waals surface area contributed by atoms with Crippen molar-refractivity contribution in [2.45, 2.75) is 0 Å². The minimum Gasteiger partial charge on any atom is -0.496 e. The van der Waals surface area contributed by atoms with E-state index in [4.69, 9.17) is 16.3 Å². The quantitative estimate of drug-likeness (QED) is 0.779. The van der Waals surface area contributed by atoms with Crippen molar-refractivity contribution < 1.29 is 9.53 Å². The summed E-state index contributed by atoms with van der Waals surface area (Å²) < 4.78 is 6.47. The average Bonchev–Trinajstić information content (AvgIpc) is 2.68. The van der Waals surface area contributed by atoms with Gasteiger partial charge in [-0.25, -0.2) is 0 Å². The lowest BCUT2D eigenvalue weighted by molar-refractivity contribution is 0.103. The molecule has 0 N–H and O–H groups in total. The van der Waals surface area contributed by atoms with Crippen molar-refractivity contribution in [2.75, 3.05) is 7.11 Å². The number of para-hydroxylation sites is 1. The molecule has 0 radical (unpaired) electrons. The van der Waals surface area contributed by atoms with Crippen LogP contribution in [0.25, 0.3) is 0 Å². The summed E-state index contributed by atoms with van der Waals surface area (Å²) in [6.45, 7) is 0. The normalized spacial score (nSPS) is 10.3. The maximum atomic E-state index is 12.2. The highest BCUT2D eigenvalue weighted by molar-refractivity contribution is 9.10. The van der Waals surface area contributed by atoms with Crippen LogP contribution in [0, 0.1) is 0 Å². The topological polar surface area (TPSA) is 26.3 Å². The van der Waals surface area contributed by atoms with E-state index in [1.165, 1.54) is 11.3 Å². The van der Waals surface area contributed by atoms with Gasteiger partial charge in [0.05, 0.1) is 17.6 Å². The third kappa shape index (κ3) is 2.54. The first-order chi connectivity index (χ1) is 8.13. The van der Waals surface area contributed by atoms with Crippen LogP contribution in [0.4, 0.5) is 0 Å². The van der Waals surface area contributed by atoms with E-state index in [2.05, 4.69) is 15.9 Å². The predicted octanol–water partition coefficient (Wildman–Crippen LogP) is 4.40. The van der Waals surface area contributed by atoms with E-state index in [0.717, 1.165) is 4.47 Å². The van der Waals surface area contributed by atoms with Crippen molar-refractivity contribution >= 4 is 44.7 Å². The van der Waals surface area contributed by atoms with Gasteiger partial charge in [-0.15, -0.1) is 11.3 Å². The molecule has 0 aliphatic carbocycles. The Morgan fingerprint density at radius 2 is 2.12 bits per heavy atom. The molecule has 1 heterocycles. The van der Waals surface area contributed by atoms with Crippen molar-refractivity contribution in [2.24, 2.45) is 0 Å². The van der Waals surface area contributed by atoms with Gasteiger partial charge in [-0.2, -0.15) is 0 Å². The second-order valence-corrected chi connectivity index (χ2v) is 5.77. The number of thiophene rings is 1. The van der Waals surface area contributed by atoms with Crippen molar-refractivity contribution in [1.82, 2.24) is 0 Å². The zero-order valence-electron chi connectivity index (χ0n) is 8.87. The SMILES string of the molecule is COc1ccccc1C(=O)c1cc(Br)c(Cl)s1. The molecule has 0 aliphatic rings. The molecule has 0 bridgehead atoms. The number of carbonyl (C=O) groups excluding carboxylic acids is 1. The monoisotopic (exact) mass is 330 g/mol. The minimum absolute atomic E-state index is 0.0833. The van der Waals surface area contributed by atoms with E-state index in [1.54, 1.807) is 31.4 Å². The minimum atomic E-state index is -0.0833. The summed E-state index contributed by atoms with van der Waals surface area (Å²) in [4.78, 5) is 12.8. The van der Waals surface area contributed by atoms with Crippen LogP contribution in [0.3, 0.4) is 0 Å². The fourth-order valence-electron chi connectivity index (χ4n) is 1.42. The highest BCUT2D eigenvalue weighted by Gasteiger charge is 2.17. The van der Waals surface area contributed by atoms with Gasteiger partial charge in [-0.3, -0.25) is 4.79 Å². The fourth-order valence-corrected chi connectivity index (χ4v) is 3.08. The standard InChI is InChI=1S/C12H8BrClO2S/c1-16-9-5-3-2-4-7(9)11(15)10-6-8(13)12(14)17-10/h2-6H,1H3. The van der Waals surface area contributed by atoms with Crippen molar-refractivity contribution in [3.8, 4) is 5.75 Å². The third-order valence-corrected chi connectivity index (χ3v) is 4.69. The molecule has 2 aromatic rings. The summed E-state index contributed by atoms with van der Waals surface area (Å²) in [7, 11) is 1.55. The van der Waals surface area contributed by atoms with Gasteiger partial charge < -0.3 is 4.74 Å². The van der Waals surface area contributed by atoms with E-state index in [1.807, 2.05) is 6.07 Å². The molecule has 0 fully saturated rings. The van der Waals surface area contributed by atoms with Gasteiger partial charge in [0, 0.05) is 4.47 Å². The largest absolute Gasteiger partial charge is 0.496 e. The van der Waals surface area contributed by atoms with Crippen LogP contribution in [0.5, 0.6) is 5.75 Å². The van der Waals surface area contributed by atoms with Gasteiger partial charge in [-0.05, 0) is 34.1 Å². The van der Waals surface area contributed by atoms with E-state index in [9.17, 15) is 4.79 Å². The smallest absolute Gasteiger partial charge is 0.206 e. The highest BCUT2D eigenvalue weighted by Crippen LogP contribution is 2.34. The third-order valence-electron chi connectivity index (χ3n) is 2.22. The number of methoxy groups -OCH3 is 1. The summed E-state index contributed by atoms with van der Waals surface area (Å²) in [5, 5.41) is 0. The Balaban J connectivity index is 2.43. The first-order valence-corrected chi connectivity index (χ1v) is 6.74. The van der Waals surface area contributed by atoms with Gasteiger partial charge in [-0.1, -0.05) is 23.7 Å². The molecular formula is C12H8BrClO2S. The number of ketones is 1. The van der Waals surface area contributed by atoms with Crippen LogP contribution in [0.15, 0.2) is 34.8 Å². The highest BCUT2D eigenvalue weighted by atomic mass is 79.9. The van der Waals surface area contributed by atoms with Crippen LogP contribution in [-0.2, 0) is 0 Å². The second-order valence-electron chi connectivity index (χ2n) is 3.26. The molecule has 0 spiro atoms. The molecule has 1 aromatic heterocycles. The van der Waals surface area contributed by atoms with E-state index in [0.29, 0.717) is 20.5 Å². The lowest BCUT2D eigenvalue weighted by Crippen LogP contribution is -2.01. The number of carbonyl (C=O) groups is 1.